The van der Waals surface area contributed by atoms with Gasteiger partial charge < -0.3 is 15.2 Å². The van der Waals surface area contributed by atoms with Gasteiger partial charge in [0.1, 0.15) is 5.82 Å². The molecule has 0 aromatic carbocycles. The van der Waals surface area contributed by atoms with E-state index < -0.39 is 12.0 Å². The Morgan fingerprint density at radius 3 is 3.12 bits per heavy atom. The lowest BCUT2D eigenvalue weighted by atomic mass is 10.1. The summed E-state index contributed by atoms with van der Waals surface area (Å²) in [7, 11) is 0. The molecule has 6 heteroatoms. The Kier molecular flexibility index (Phi) is 2.57. The first kappa shape index (κ1) is 10.6. The van der Waals surface area contributed by atoms with Gasteiger partial charge in [0.2, 0.25) is 0 Å². The van der Waals surface area contributed by atoms with E-state index >= 15 is 0 Å². The number of hydrogen-bond acceptors (Lipinski definition) is 4. The van der Waals surface area contributed by atoms with Crippen molar-refractivity contribution < 1.29 is 9.90 Å². The van der Waals surface area contributed by atoms with E-state index in [1.807, 2.05) is 11.3 Å². The lowest BCUT2D eigenvalue weighted by Gasteiger charge is -2.05. The van der Waals surface area contributed by atoms with Crippen LogP contribution in [-0.4, -0.2) is 25.4 Å². The first-order chi connectivity index (χ1) is 7.59. The molecule has 1 atom stereocenters. The van der Waals surface area contributed by atoms with E-state index in [1.165, 1.54) is 0 Å². The van der Waals surface area contributed by atoms with Crippen LogP contribution < -0.4 is 5.73 Å². The van der Waals surface area contributed by atoms with E-state index in [-0.39, 0.29) is 6.42 Å². The highest BCUT2D eigenvalue weighted by molar-refractivity contribution is 5.68. The van der Waals surface area contributed by atoms with Crippen LogP contribution in [0, 0.1) is 6.92 Å². The molecule has 0 aliphatic carbocycles. The van der Waals surface area contributed by atoms with Crippen molar-refractivity contribution in [2.75, 3.05) is 0 Å². The van der Waals surface area contributed by atoms with Crippen molar-refractivity contribution in [1.82, 2.24) is 14.4 Å². The van der Waals surface area contributed by atoms with E-state index in [0.29, 0.717) is 5.69 Å². The third kappa shape index (κ3) is 1.74. The van der Waals surface area contributed by atoms with Crippen molar-refractivity contribution in [1.29, 1.82) is 0 Å². The lowest BCUT2D eigenvalue weighted by Crippen LogP contribution is -2.15. The van der Waals surface area contributed by atoms with Crippen LogP contribution in [0.25, 0.3) is 5.52 Å². The zero-order chi connectivity index (χ0) is 11.7. The number of aryl methyl sites for hydroxylation is 1. The van der Waals surface area contributed by atoms with Crippen molar-refractivity contribution in [3.8, 4) is 0 Å². The van der Waals surface area contributed by atoms with Gasteiger partial charge in [0.05, 0.1) is 29.9 Å². The van der Waals surface area contributed by atoms with Crippen molar-refractivity contribution in [2.24, 2.45) is 5.73 Å². The zero-order valence-corrected chi connectivity index (χ0v) is 8.79. The number of carbonyl (C=O) groups is 1. The van der Waals surface area contributed by atoms with Gasteiger partial charge in [0, 0.05) is 12.4 Å². The average molecular weight is 220 g/mol. The number of nitrogens with zero attached hydrogens (tertiary/aromatic N) is 3. The maximum absolute atomic E-state index is 10.6. The predicted octanol–water partition coefficient (Wildman–Crippen LogP) is 0.512. The summed E-state index contributed by atoms with van der Waals surface area (Å²) in [5.41, 5.74) is 7.13. The van der Waals surface area contributed by atoms with Gasteiger partial charge in [0.25, 0.3) is 0 Å². The van der Waals surface area contributed by atoms with Crippen molar-refractivity contribution in [3.05, 3.63) is 30.1 Å². The molecule has 0 bridgehead atoms. The molecule has 0 saturated carbocycles. The Balaban J connectivity index is 2.48. The van der Waals surface area contributed by atoms with Gasteiger partial charge in [0.15, 0.2) is 0 Å². The van der Waals surface area contributed by atoms with Crippen LogP contribution in [0.2, 0.25) is 0 Å². The van der Waals surface area contributed by atoms with Gasteiger partial charge in [-0.15, -0.1) is 0 Å². The summed E-state index contributed by atoms with van der Waals surface area (Å²) in [5.74, 6) is -0.163. The van der Waals surface area contributed by atoms with Crippen molar-refractivity contribution >= 4 is 11.5 Å². The number of rotatable bonds is 3. The van der Waals surface area contributed by atoms with E-state index in [2.05, 4.69) is 9.97 Å². The highest BCUT2D eigenvalue weighted by Crippen LogP contribution is 2.19. The number of carboxylic acids is 1. The fourth-order valence-electron chi connectivity index (χ4n) is 1.68. The molecule has 16 heavy (non-hydrogen) atoms. The highest BCUT2D eigenvalue weighted by atomic mass is 16.4. The molecular weight excluding hydrogens is 208 g/mol. The standard InChI is InChI=1S/C10H12N4O2/c1-6-13-10(7(11)4-9(15)16)8-5-12-2-3-14(6)8/h2-3,5,7H,4,11H2,1H3,(H,15,16). The van der Waals surface area contributed by atoms with Crippen LogP contribution in [-0.2, 0) is 4.79 Å². The van der Waals surface area contributed by atoms with Gasteiger partial charge in [-0.25, -0.2) is 4.98 Å². The van der Waals surface area contributed by atoms with Gasteiger partial charge in [-0.2, -0.15) is 0 Å². The quantitative estimate of drug-likeness (QED) is 0.786. The molecule has 2 heterocycles. The number of hydrogen-bond donors (Lipinski definition) is 2. The van der Waals surface area contributed by atoms with Crippen molar-refractivity contribution in [2.45, 2.75) is 19.4 Å². The summed E-state index contributed by atoms with van der Waals surface area (Å²) < 4.78 is 1.84. The Hall–Kier alpha value is -1.95. The normalized spacial score (nSPS) is 12.9. The van der Waals surface area contributed by atoms with Crippen LogP contribution in [0.1, 0.15) is 24.0 Å². The smallest absolute Gasteiger partial charge is 0.305 e. The Bertz CT molecular complexity index is 535. The Morgan fingerprint density at radius 1 is 1.69 bits per heavy atom. The number of aromatic nitrogens is 3. The topological polar surface area (TPSA) is 93.5 Å². The summed E-state index contributed by atoms with van der Waals surface area (Å²) in [4.78, 5) is 18.9. The summed E-state index contributed by atoms with van der Waals surface area (Å²) >= 11 is 0. The van der Waals surface area contributed by atoms with Gasteiger partial charge in [-0.05, 0) is 6.92 Å². The minimum Gasteiger partial charge on any atom is -0.481 e. The van der Waals surface area contributed by atoms with Crippen LogP contribution in [0.15, 0.2) is 18.6 Å². The lowest BCUT2D eigenvalue weighted by molar-refractivity contribution is -0.137. The summed E-state index contributed by atoms with van der Waals surface area (Å²) in [5, 5.41) is 8.69. The maximum atomic E-state index is 10.6. The van der Waals surface area contributed by atoms with E-state index in [9.17, 15) is 4.79 Å². The molecule has 0 radical (unpaired) electrons. The van der Waals surface area contributed by atoms with Gasteiger partial charge in [-0.1, -0.05) is 0 Å². The second-order valence-electron chi connectivity index (χ2n) is 3.58. The SMILES string of the molecule is Cc1nc(C(N)CC(=O)O)c2cnccn12. The van der Waals surface area contributed by atoms with Crippen LogP contribution in [0.3, 0.4) is 0 Å². The molecular formula is C10H12N4O2. The van der Waals surface area contributed by atoms with Gasteiger partial charge in [-0.3, -0.25) is 9.78 Å². The number of nitrogens with two attached hydrogens (primary N) is 1. The van der Waals surface area contributed by atoms with E-state index in [0.717, 1.165) is 11.3 Å². The number of aliphatic carboxylic acids is 1. The summed E-state index contributed by atoms with van der Waals surface area (Å²) in [6, 6.07) is -0.606. The minimum absolute atomic E-state index is 0.138. The summed E-state index contributed by atoms with van der Waals surface area (Å²) in [6.45, 7) is 1.84. The molecule has 2 aromatic heterocycles. The van der Waals surface area contributed by atoms with E-state index in [4.69, 9.17) is 10.8 Å². The molecule has 2 rings (SSSR count). The Morgan fingerprint density at radius 2 is 2.44 bits per heavy atom. The van der Waals surface area contributed by atoms with Gasteiger partial charge >= 0.3 is 5.97 Å². The molecule has 0 amide bonds. The fourth-order valence-corrected chi connectivity index (χ4v) is 1.68. The average Bonchev–Trinajstić information content (AvgIpc) is 2.56. The molecule has 6 nitrogen and oxygen atoms in total. The minimum atomic E-state index is -0.935. The molecule has 84 valence electrons. The molecule has 0 aliphatic heterocycles. The fraction of sp³-hybridized carbons (Fsp3) is 0.300. The molecule has 1 unspecified atom stereocenters. The molecule has 0 saturated heterocycles. The first-order valence-electron chi connectivity index (χ1n) is 4.85. The molecule has 0 fully saturated rings. The second kappa shape index (κ2) is 3.90. The monoisotopic (exact) mass is 220 g/mol. The highest BCUT2D eigenvalue weighted by Gasteiger charge is 2.17. The van der Waals surface area contributed by atoms with Crippen molar-refractivity contribution in [3.63, 3.8) is 0 Å². The number of imidazole rings is 1. The zero-order valence-electron chi connectivity index (χ0n) is 8.79. The third-order valence-corrected chi connectivity index (χ3v) is 2.40. The molecule has 0 spiro atoms. The predicted molar refractivity (Wildman–Crippen MR) is 56.9 cm³/mol. The molecule has 0 aliphatic rings. The van der Waals surface area contributed by atoms with Crippen LogP contribution in [0.4, 0.5) is 0 Å². The number of fused-ring (bicyclic) bond motifs is 1. The van der Waals surface area contributed by atoms with E-state index in [1.54, 1.807) is 18.6 Å². The maximum Gasteiger partial charge on any atom is 0.305 e. The summed E-state index contributed by atoms with van der Waals surface area (Å²) in [6.07, 6.45) is 4.92. The first-order valence-corrected chi connectivity index (χ1v) is 4.85. The third-order valence-electron chi connectivity index (χ3n) is 2.40. The van der Waals surface area contributed by atoms with Crippen LogP contribution in [0.5, 0.6) is 0 Å². The second-order valence-corrected chi connectivity index (χ2v) is 3.58. The number of carboxylic acid groups (broad SMARTS) is 1. The largest absolute Gasteiger partial charge is 0.481 e. The Labute approximate surface area is 91.7 Å². The molecule has 3 N–H and O–H groups in total. The van der Waals surface area contributed by atoms with Crippen LogP contribution >= 0.6 is 0 Å². The molecule has 2 aromatic rings.